The van der Waals surface area contributed by atoms with Gasteiger partial charge in [0.1, 0.15) is 11.3 Å². The van der Waals surface area contributed by atoms with Gasteiger partial charge in [-0.3, -0.25) is 0 Å². The standard InChI is InChI=1S/C11H14N2O5S/c14-10-2-1-8(7-9(10)11(15)16)19(17,18)13-5-3-12-4-6-13/h1-2,7,12,14H,3-6H2,(H,15,16). The summed E-state index contributed by atoms with van der Waals surface area (Å²) in [5.41, 5.74) is -0.420. The fourth-order valence-corrected chi connectivity index (χ4v) is 3.35. The van der Waals surface area contributed by atoms with Gasteiger partial charge >= 0.3 is 5.97 Å². The third-order valence-electron chi connectivity index (χ3n) is 2.91. The van der Waals surface area contributed by atoms with E-state index in [2.05, 4.69) is 5.32 Å². The van der Waals surface area contributed by atoms with Crippen LogP contribution in [0.25, 0.3) is 0 Å². The van der Waals surface area contributed by atoms with Crippen molar-refractivity contribution >= 4 is 16.0 Å². The van der Waals surface area contributed by atoms with Gasteiger partial charge in [-0.2, -0.15) is 4.31 Å². The van der Waals surface area contributed by atoms with Gasteiger partial charge in [0.05, 0.1) is 4.90 Å². The molecule has 7 nitrogen and oxygen atoms in total. The Morgan fingerprint density at radius 2 is 1.89 bits per heavy atom. The molecule has 0 saturated carbocycles. The molecule has 104 valence electrons. The first kappa shape index (κ1) is 13.8. The number of hydrogen-bond donors (Lipinski definition) is 3. The van der Waals surface area contributed by atoms with Crippen molar-refractivity contribution < 1.29 is 23.4 Å². The summed E-state index contributed by atoms with van der Waals surface area (Å²) in [6, 6.07) is 3.27. The molecule has 1 aromatic carbocycles. The van der Waals surface area contributed by atoms with Crippen LogP contribution in [0.2, 0.25) is 0 Å². The third kappa shape index (κ3) is 2.70. The predicted molar refractivity (Wildman–Crippen MR) is 66.7 cm³/mol. The summed E-state index contributed by atoms with van der Waals surface area (Å²) in [5.74, 6) is -1.82. The van der Waals surface area contributed by atoms with Gasteiger partial charge in [-0.25, -0.2) is 13.2 Å². The SMILES string of the molecule is O=C(O)c1cc(S(=O)(=O)N2CCNCC2)ccc1O. The lowest BCUT2D eigenvalue weighted by Crippen LogP contribution is -2.46. The van der Waals surface area contributed by atoms with Crippen molar-refractivity contribution in [1.29, 1.82) is 0 Å². The van der Waals surface area contributed by atoms with Gasteiger partial charge in [-0.15, -0.1) is 0 Å². The molecule has 0 amide bonds. The van der Waals surface area contributed by atoms with E-state index in [1.165, 1.54) is 10.4 Å². The summed E-state index contributed by atoms with van der Waals surface area (Å²) in [6.45, 7) is 1.80. The van der Waals surface area contributed by atoms with Gasteiger partial charge < -0.3 is 15.5 Å². The monoisotopic (exact) mass is 286 g/mol. The largest absolute Gasteiger partial charge is 0.507 e. The molecule has 0 aromatic heterocycles. The van der Waals surface area contributed by atoms with E-state index in [4.69, 9.17) is 5.11 Å². The second-order valence-electron chi connectivity index (χ2n) is 4.14. The molecule has 0 atom stereocenters. The van der Waals surface area contributed by atoms with Gasteiger partial charge in [0.15, 0.2) is 0 Å². The van der Waals surface area contributed by atoms with E-state index in [0.717, 1.165) is 12.1 Å². The van der Waals surface area contributed by atoms with Crippen molar-refractivity contribution in [3.63, 3.8) is 0 Å². The van der Waals surface area contributed by atoms with Crippen LogP contribution in [-0.4, -0.2) is 55.1 Å². The first-order valence-corrected chi connectivity index (χ1v) is 7.14. The maximum absolute atomic E-state index is 12.3. The molecule has 0 bridgehead atoms. The van der Waals surface area contributed by atoms with Crippen molar-refractivity contribution in [3.8, 4) is 5.75 Å². The maximum Gasteiger partial charge on any atom is 0.339 e. The van der Waals surface area contributed by atoms with Crippen LogP contribution in [0, 0.1) is 0 Å². The highest BCUT2D eigenvalue weighted by Gasteiger charge is 2.27. The van der Waals surface area contributed by atoms with Gasteiger partial charge in [0.2, 0.25) is 10.0 Å². The summed E-state index contributed by atoms with van der Waals surface area (Å²) in [6.07, 6.45) is 0. The van der Waals surface area contributed by atoms with Crippen molar-refractivity contribution in [2.24, 2.45) is 0 Å². The number of piperazine rings is 1. The normalized spacial score (nSPS) is 17.3. The first-order chi connectivity index (χ1) is 8.93. The highest BCUT2D eigenvalue weighted by atomic mass is 32.2. The van der Waals surface area contributed by atoms with Crippen molar-refractivity contribution in [3.05, 3.63) is 23.8 Å². The Morgan fingerprint density at radius 3 is 2.47 bits per heavy atom. The van der Waals surface area contributed by atoms with Crippen LogP contribution in [0.3, 0.4) is 0 Å². The fourth-order valence-electron chi connectivity index (χ4n) is 1.88. The van der Waals surface area contributed by atoms with Crippen LogP contribution in [0.4, 0.5) is 0 Å². The average molecular weight is 286 g/mol. The number of aromatic carboxylic acids is 1. The van der Waals surface area contributed by atoms with Crippen LogP contribution >= 0.6 is 0 Å². The smallest absolute Gasteiger partial charge is 0.339 e. The van der Waals surface area contributed by atoms with Crippen LogP contribution in [0.1, 0.15) is 10.4 Å². The number of nitrogens with zero attached hydrogens (tertiary/aromatic N) is 1. The lowest BCUT2D eigenvalue weighted by atomic mass is 10.2. The number of aromatic hydroxyl groups is 1. The molecule has 0 spiro atoms. The number of rotatable bonds is 3. The van der Waals surface area contributed by atoms with E-state index in [0.29, 0.717) is 26.2 Å². The van der Waals surface area contributed by atoms with E-state index in [1.54, 1.807) is 0 Å². The zero-order valence-electron chi connectivity index (χ0n) is 10.0. The van der Waals surface area contributed by atoms with Crippen molar-refractivity contribution in [2.75, 3.05) is 26.2 Å². The fraction of sp³-hybridized carbons (Fsp3) is 0.364. The minimum absolute atomic E-state index is 0.121. The van der Waals surface area contributed by atoms with Gasteiger partial charge in [-0.05, 0) is 18.2 Å². The second-order valence-corrected chi connectivity index (χ2v) is 6.08. The molecule has 1 fully saturated rings. The number of sulfonamides is 1. The number of hydrogen-bond acceptors (Lipinski definition) is 5. The number of phenols is 1. The van der Waals surface area contributed by atoms with Crippen LogP contribution < -0.4 is 5.32 Å². The van der Waals surface area contributed by atoms with Crippen molar-refractivity contribution in [1.82, 2.24) is 9.62 Å². The molecule has 1 aliphatic heterocycles. The van der Waals surface area contributed by atoms with Crippen LogP contribution in [0.5, 0.6) is 5.75 Å². The molecular weight excluding hydrogens is 272 g/mol. The second kappa shape index (κ2) is 5.16. The van der Waals surface area contributed by atoms with E-state index < -0.39 is 27.3 Å². The highest BCUT2D eigenvalue weighted by Crippen LogP contribution is 2.23. The van der Waals surface area contributed by atoms with Crippen LogP contribution in [0.15, 0.2) is 23.1 Å². The molecule has 1 aliphatic rings. The number of carboxylic acid groups (broad SMARTS) is 1. The Kier molecular flexibility index (Phi) is 3.74. The lowest BCUT2D eigenvalue weighted by molar-refractivity contribution is 0.0693. The summed E-state index contributed by atoms with van der Waals surface area (Å²) in [7, 11) is -3.72. The molecule has 8 heteroatoms. The molecule has 1 saturated heterocycles. The Bertz CT molecular complexity index is 593. The molecule has 3 N–H and O–H groups in total. The number of carboxylic acids is 1. The quantitative estimate of drug-likeness (QED) is 0.703. The Hall–Kier alpha value is -1.64. The predicted octanol–water partition coefficient (Wildman–Crippen LogP) is -0.316. The lowest BCUT2D eigenvalue weighted by Gasteiger charge is -2.26. The van der Waals surface area contributed by atoms with E-state index in [1.807, 2.05) is 0 Å². The average Bonchev–Trinajstić information content (AvgIpc) is 2.39. The summed E-state index contributed by atoms with van der Waals surface area (Å²) >= 11 is 0. The minimum atomic E-state index is -3.72. The minimum Gasteiger partial charge on any atom is -0.507 e. The van der Waals surface area contributed by atoms with Crippen LogP contribution in [-0.2, 0) is 10.0 Å². The van der Waals surface area contributed by atoms with E-state index in [9.17, 15) is 18.3 Å². The molecular formula is C11H14N2O5S. The zero-order chi connectivity index (χ0) is 14.0. The Balaban J connectivity index is 2.40. The molecule has 0 radical (unpaired) electrons. The number of carbonyl (C=O) groups is 1. The van der Waals surface area contributed by atoms with E-state index >= 15 is 0 Å². The highest BCUT2D eigenvalue weighted by molar-refractivity contribution is 7.89. The molecule has 1 aromatic rings. The van der Waals surface area contributed by atoms with Gasteiger partial charge in [0, 0.05) is 26.2 Å². The molecule has 0 unspecified atom stereocenters. The molecule has 1 heterocycles. The Labute approximate surface area is 110 Å². The number of nitrogens with one attached hydrogen (secondary N) is 1. The Morgan fingerprint density at radius 1 is 1.26 bits per heavy atom. The third-order valence-corrected chi connectivity index (χ3v) is 4.81. The van der Waals surface area contributed by atoms with Gasteiger partial charge in [0.25, 0.3) is 0 Å². The first-order valence-electron chi connectivity index (χ1n) is 5.70. The molecule has 19 heavy (non-hydrogen) atoms. The zero-order valence-corrected chi connectivity index (χ0v) is 10.9. The topological polar surface area (TPSA) is 107 Å². The van der Waals surface area contributed by atoms with E-state index in [-0.39, 0.29) is 4.90 Å². The summed E-state index contributed by atoms with van der Waals surface area (Å²) < 4.78 is 25.9. The summed E-state index contributed by atoms with van der Waals surface area (Å²) in [5, 5.41) is 21.3. The molecule has 0 aliphatic carbocycles. The number of benzene rings is 1. The van der Waals surface area contributed by atoms with Crippen molar-refractivity contribution in [2.45, 2.75) is 4.90 Å². The molecule has 2 rings (SSSR count). The maximum atomic E-state index is 12.3. The van der Waals surface area contributed by atoms with Gasteiger partial charge in [-0.1, -0.05) is 0 Å². The summed E-state index contributed by atoms with van der Waals surface area (Å²) in [4.78, 5) is 10.8.